The summed E-state index contributed by atoms with van der Waals surface area (Å²) in [4.78, 5) is 12.9. The molecule has 104 valence electrons. The van der Waals surface area contributed by atoms with Crippen LogP contribution in [0.3, 0.4) is 0 Å². The molecule has 0 atom stereocenters. The lowest BCUT2D eigenvalue weighted by Gasteiger charge is -2.14. The number of halogens is 1. The van der Waals surface area contributed by atoms with Gasteiger partial charge in [0.05, 0.1) is 5.02 Å². The molecule has 6 nitrogen and oxygen atoms in total. The molecule has 1 saturated heterocycles. The third-order valence-electron chi connectivity index (χ3n) is 2.75. The molecule has 0 unspecified atom stereocenters. The Hall–Kier alpha value is -1.31. The zero-order chi connectivity index (χ0) is 13.9. The van der Waals surface area contributed by atoms with Gasteiger partial charge < -0.3 is 10.2 Å². The fourth-order valence-corrected chi connectivity index (χ4v) is 3.32. The van der Waals surface area contributed by atoms with Crippen LogP contribution in [-0.2, 0) is 10.0 Å². The summed E-state index contributed by atoms with van der Waals surface area (Å²) in [6.07, 6.45) is 0. The monoisotopic (exact) mass is 303 g/mol. The molecule has 1 aromatic carbocycles. The highest BCUT2D eigenvalue weighted by atomic mass is 35.5. The van der Waals surface area contributed by atoms with E-state index < -0.39 is 10.0 Å². The molecular weight excluding hydrogens is 290 g/mol. The molecule has 0 bridgehead atoms. The lowest BCUT2D eigenvalue weighted by atomic mass is 10.4. The minimum Gasteiger partial charge on any atom is -0.336 e. The normalized spacial score (nSPS) is 15.6. The van der Waals surface area contributed by atoms with Crippen molar-refractivity contribution in [2.45, 2.75) is 4.90 Å². The zero-order valence-corrected chi connectivity index (χ0v) is 11.7. The minimum atomic E-state index is -3.64. The highest BCUT2D eigenvalue weighted by Crippen LogP contribution is 2.19. The molecule has 0 spiro atoms. The predicted octanol–water partition coefficient (Wildman–Crippen LogP) is 0.644. The van der Waals surface area contributed by atoms with Crippen LogP contribution in [0.5, 0.6) is 0 Å². The van der Waals surface area contributed by atoms with Crippen LogP contribution in [0.15, 0.2) is 29.2 Å². The molecule has 2 rings (SSSR count). The lowest BCUT2D eigenvalue weighted by Crippen LogP contribution is -2.36. The van der Waals surface area contributed by atoms with Crippen molar-refractivity contribution in [3.63, 3.8) is 0 Å². The van der Waals surface area contributed by atoms with Gasteiger partial charge in [-0.2, -0.15) is 0 Å². The van der Waals surface area contributed by atoms with E-state index in [4.69, 9.17) is 11.6 Å². The Kier molecular flexibility index (Phi) is 4.28. The molecule has 1 fully saturated rings. The largest absolute Gasteiger partial charge is 0.336 e. The third kappa shape index (κ3) is 3.37. The first-order valence-corrected chi connectivity index (χ1v) is 7.64. The Balaban J connectivity index is 1.95. The first-order chi connectivity index (χ1) is 9.00. The van der Waals surface area contributed by atoms with Crippen molar-refractivity contribution in [2.24, 2.45) is 0 Å². The van der Waals surface area contributed by atoms with E-state index >= 15 is 0 Å². The van der Waals surface area contributed by atoms with Gasteiger partial charge in [0.15, 0.2) is 0 Å². The van der Waals surface area contributed by atoms with Gasteiger partial charge in [0.2, 0.25) is 10.0 Å². The van der Waals surface area contributed by atoms with Gasteiger partial charge in [-0.15, -0.1) is 0 Å². The number of carbonyl (C=O) groups excluding carboxylic acids is 1. The van der Waals surface area contributed by atoms with Crippen molar-refractivity contribution < 1.29 is 13.2 Å². The summed E-state index contributed by atoms with van der Waals surface area (Å²) in [6.45, 7) is 1.67. The Bertz CT molecular complexity index is 576. The van der Waals surface area contributed by atoms with Gasteiger partial charge in [0.25, 0.3) is 0 Å². The van der Waals surface area contributed by atoms with E-state index in [2.05, 4.69) is 10.0 Å². The molecule has 1 aliphatic heterocycles. The van der Waals surface area contributed by atoms with E-state index in [0.717, 1.165) is 0 Å². The number of nitrogens with one attached hydrogen (secondary N) is 2. The van der Waals surface area contributed by atoms with Crippen LogP contribution in [0.4, 0.5) is 4.79 Å². The Morgan fingerprint density at radius 2 is 2.11 bits per heavy atom. The summed E-state index contributed by atoms with van der Waals surface area (Å²) < 4.78 is 26.4. The lowest BCUT2D eigenvalue weighted by molar-refractivity contribution is 0.218. The van der Waals surface area contributed by atoms with Crippen molar-refractivity contribution in [3.05, 3.63) is 29.3 Å². The van der Waals surface area contributed by atoms with Gasteiger partial charge in [-0.1, -0.05) is 23.7 Å². The molecule has 1 aromatic rings. The highest BCUT2D eigenvalue weighted by molar-refractivity contribution is 7.89. The maximum Gasteiger partial charge on any atom is 0.317 e. The van der Waals surface area contributed by atoms with Crippen molar-refractivity contribution >= 4 is 27.7 Å². The number of nitrogens with zero attached hydrogens (tertiary/aromatic N) is 1. The fourth-order valence-electron chi connectivity index (χ4n) is 1.78. The van der Waals surface area contributed by atoms with Crippen LogP contribution in [0.1, 0.15) is 0 Å². The topological polar surface area (TPSA) is 78.5 Å². The SMILES string of the molecule is O=C1NCCN1CCNS(=O)(=O)c1ccccc1Cl. The number of urea groups is 1. The van der Waals surface area contributed by atoms with Crippen LogP contribution in [-0.4, -0.2) is 45.5 Å². The Morgan fingerprint density at radius 1 is 1.37 bits per heavy atom. The summed E-state index contributed by atoms with van der Waals surface area (Å²) in [5.74, 6) is 0. The molecule has 0 saturated carbocycles. The average Bonchev–Trinajstić information content (AvgIpc) is 2.75. The van der Waals surface area contributed by atoms with Crippen LogP contribution in [0, 0.1) is 0 Å². The van der Waals surface area contributed by atoms with Gasteiger partial charge in [0.1, 0.15) is 4.90 Å². The van der Waals surface area contributed by atoms with Crippen molar-refractivity contribution in [1.29, 1.82) is 0 Å². The average molecular weight is 304 g/mol. The molecule has 8 heteroatoms. The molecule has 0 aromatic heterocycles. The number of benzene rings is 1. The Morgan fingerprint density at radius 3 is 2.74 bits per heavy atom. The third-order valence-corrected chi connectivity index (χ3v) is 4.71. The first-order valence-electron chi connectivity index (χ1n) is 5.78. The van der Waals surface area contributed by atoms with Crippen molar-refractivity contribution in [3.8, 4) is 0 Å². The van der Waals surface area contributed by atoms with E-state index in [9.17, 15) is 13.2 Å². The minimum absolute atomic E-state index is 0.0440. The molecule has 19 heavy (non-hydrogen) atoms. The molecular formula is C11H14ClN3O3S. The summed E-state index contributed by atoms with van der Waals surface area (Å²) in [5, 5.41) is 2.82. The number of hydrogen-bond acceptors (Lipinski definition) is 3. The van der Waals surface area contributed by atoms with E-state index in [1.54, 1.807) is 17.0 Å². The second-order valence-corrected chi connectivity index (χ2v) is 6.19. The zero-order valence-electron chi connectivity index (χ0n) is 10.1. The van der Waals surface area contributed by atoms with Gasteiger partial charge in [-0.05, 0) is 12.1 Å². The van der Waals surface area contributed by atoms with Gasteiger partial charge in [0, 0.05) is 26.2 Å². The molecule has 0 radical (unpaired) electrons. The van der Waals surface area contributed by atoms with Crippen LogP contribution in [0.2, 0.25) is 5.02 Å². The van der Waals surface area contributed by atoms with Crippen molar-refractivity contribution in [2.75, 3.05) is 26.2 Å². The molecule has 1 heterocycles. The van der Waals surface area contributed by atoms with Gasteiger partial charge in [-0.3, -0.25) is 0 Å². The van der Waals surface area contributed by atoms with Crippen LogP contribution < -0.4 is 10.0 Å². The summed E-state index contributed by atoms with van der Waals surface area (Å²) >= 11 is 5.84. The van der Waals surface area contributed by atoms with Crippen molar-refractivity contribution in [1.82, 2.24) is 14.9 Å². The van der Waals surface area contributed by atoms with Crippen LogP contribution >= 0.6 is 11.6 Å². The number of hydrogen-bond donors (Lipinski definition) is 2. The molecule has 2 amide bonds. The number of rotatable bonds is 5. The molecule has 0 aliphatic carbocycles. The number of amides is 2. The van der Waals surface area contributed by atoms with E-state index in [-0.39, 0.29) is 22.5 Å². The molecule has 1 aliphatic rings. The second-order valence-electron chi connectivity index (χ2n) is 4.05. The maximum absolute atomic E-state index is 12.0. The predicted molar refractivity (Wildman–Crippen MR) is 71.6 cm³/mol. The maximum atomic E-state index is 12.0. The van der Waals surface area contributed by atoms with E-state index in [0.29, 0.717) is 19.6 Å². The van der Waals surface area contributed by atoms with Crippen LogP contribution in [0.25, 0.3) is 0 Å². The standard InChI is InChI=1S/C11H14ClN3O3S/c12-9-3-1-2-4-10(9)19(17,18)14-6-8-15-7-5-13-11(15)16/h1-4,14H,5-8H2,(H,13,16). The highest BCUT2D eigenvalue weighted by Gasteiger charge is 2.21. The number of carbonyl (C=O) groups is 1. The van der Waals surface area contributed by atoms with Gasteiger partial charge >= 0.3 is 6.03 Å². The Labute approximate surface area is 116 Å². The number of sulfonamides is 1. The quantitative estimate of drug-likeness (QED) is 0.838. The van der Waals surface area contributed by atoms with E-state index in [1.807, 2.05) is 0 Å². The van der Waals surface area contributed by atoms with E-state index in [1.165, 1.54) is 12.1 Å². The molecule has 2 N–H and O–H groups in total. The second kappa shape index (κ2) is 5.77. The summed E-state index contributed by atoms with van der Waals surface area (Å²) in [5.41, 5.74) is 0. The first kappa shape index (κ1) is 14.1. The van der Waals surface area contributed by atoms with Gasteiger partial charge in [-0.25, -0.2) is 17.9 Å². The fraction of sp³-hybridized carbons (Fsp3) is 0.364. The smallest absolute Gasteiger partial charge is 0.317 e. The summed E-state index contributed by atoms with van der Waals surface area (Å²) in [7, 11) is -3.64. The summed E-state index contributed by atoms with van der Waals surface area (Å²) in [6, 6.07) is 6.05.